The minimum Gasteiger partial charge on any atom is -0.493 e. The number of thiocarbonyl (C=S) groups is 1. The Morgan fingerprint density at radius 1 is 1.12 bits per heavy atom. The van der Waals surface area contributed by atoms with Gasteiger partial charge in [-0.25, -0.2) is 0 Å². The molecule has 1 atom stereocenters. The van der Waals surface area contributed by atoms with Crippen molar-refractivity contribution in [3.05, 3.63) is 65.7 Å². The summed E-state index contributed by atoms with van der Waals surface area (Å²) in [6.45, 7) is 4.58. The van der Waals surface area contributed by atoms with Crippen LogP contribution >= 0.6 is 12.2 Å². The van der Waals surface area contributed by atoms with E-state index in [2.05, 4.69) is 10.6 Å². The molecule has 0 fully saturated rings. The number of carbonyl (C=O) groups excluding carboxylic acids is 1. The van der Waals surface area contributed by atoms with Crippen LogP contribution in [0.25, 0.3) is 0 Å². The summed E-state index contributed by atoms with van der Waals surface area (Å²) in [5.74, 6) is 0.287. The molecule has 2 aromatic rings. The lowest BCUT2D eigenvalue weighted by Gasteiger charge is -2.17. The van der Waals surface area contributed by atoms with E-state index in [1.807, 2.05) is 50.2 Å². The normalized spacial score (nSPS) is 11.4. The molecule has 2 rings (SSSR count). The van der Waals surface area contributed by atoms with Crippen LogP contribution in [0.2, 0.25) is 0 Å². The molecule has 126 valence electrons. The van der Waals surface area contributed by atoms with Crippen molar-refractivity contribution in [1.29, 1.82) is 0 Å². The Kier molecular flexibility index (Phi) is 6.75. The van der Waals surface area contributed by atoms with Gasteiger partial charge in [0.05, 0.1) is 18.2 Å². The zero-order valence-electron chi connectivity index (χ0n) is 13.9. The maximum Gasteiger partial charge on any atom is 0.261 e. The van der Waals surface area contributed by atoms with E-state index in [4.69, 9.17) is 17.0 Å². The number of para-hydroxylation sites is 1. The van der Waals surface area contributed by atoms with Gasteiger partial charge in [-0.2, -0.15) is 0 Å². The lowest BCUT2D eigenvalue weighted by atomic mass is 10.1. The molecule has 4 nitrogen and oxygen atoms in total. The van der Waals surface area contributed by atoms with Gasteiger partial charge in [-0.1, -0.05) is 49.4 Å². The van der Waals surface area contributed by atoms with Crippen molar-refractivity contribution in [1.82, 2.24) is 10.6 Å². The number of carbonyl (C=O) groups is 1. The molecule has 0 spiro atoms. The van der Waals surface area contributed by atoms with Crippen LogP contribution in [0, 0.1) is 0 Å². The number of hydrogen-bond acceptors (Lipinski definition) is 3. The molecule has 0 saturated heterocycles. The highest BCUT2D eigenvalue weighted by molar-refractivity contribution is 7.80. The zero-order valence-corrected chi connectivity index (χ0v) is 14.7. The second-order valence-corrected chi connectivity index (χ2v) is 5.81. The minimum absolute atomic E-state index is 0.00517. The molecule has 2 N–H and O–H groups in total. The Morgan fingerprint density at radius 2 is 1.79 bits per heavy atom. The van der Waals surface area contributed by atoms with Gasteiger partial charge in [0.25, 0.3) is 5.91 Å². The molecular weight excluding hydrogens is 320 g/mol. The maximum atomic E-state index is 12.4. The molecule has 0 radical (unpaired) electrons. The van der Waals surface area contributed by atoms with Crippen LogP contribution in [-0.4, -0.2) is 17.6 Å². The van der Waals surface area contributed by atoms with Crippen molar-refractivity contribution in [2.45, 2.75) is 26.3 Å². The van der Waals surface area contributed by atoms with Crippen molar-refractivity contribution in [3.8, 4) is 5.75 Å². The van der Waals surface area contributed by atoms with Crippen molar-refractivity contribution in [3.63, 3.8) is 0 Å². The molecule has 0 aromatic heterocycles. The van der Waals surface area contributed by atoms with Crippen molar-refractivity contribution < 1.29 is 9.53 Å². The van der Waals surface area contributed by atoms with Crippen molar-refractivity contribution >= 4 is 23.2 Å². The first-order valence-corrected chi connectivity index (χ1v) is 8.41. The molecule has 0 aliphatic heterocycles. The Morgan fingerprint density at radius 3 is 2.50 bits per heavy atom. The van der Waals surface area contributed by atoms with Crippen molar-refractivity contribution in [2.24, 2.45) is 0 Å². The highest BCUT2D eigenvalue weighted by atomic mass is 32.1. The van der Waals surface area contributed by atoms with Gasteiger partial charge in [0.15, 0.2) is 5.11 Å². The number of benzene rings is 2. The number of nitrogens with one attached hydrogen (secondary N) is 2. The summed E-state index contributed by atoms with van der Waals surface area (Å²) < 4.78 is 5.61. The summed E-state index contributed by atoms with van der Waals surface area (Å²) in [5.41, 5.74) is 1.57. The van der Waals surface area contributed by atoms with E-state index >= 15 is 0 Å². The summed E-state index contributed by atoms with van der Waals surface area (Å²) in [6, 6.07) is 17.1. The molecule has 0 heterocycles. The molecule has 1 unspecified atom stereocenters. The Hall–Kier alpha value is -2.40. The molecule has 1 amide bonds. The topological polar surface area (TPSA) is 50.4 Å². The molecule has 0 aliphatic rings. The van der Waals surface area contributed by atoms with E-state index < -0.39 is 0 Å². The van der Waals surface area contributed by atoms with E-state index in [0.717, 1.165) is 12.0 Å². The summed E-state index contributed by atoms with van der Waals surface area (Å²) in [5, 5.41) is 6.13. The highest BCUT2D eigenvalue weighted by Crippen LogP contribution is 2.18. The smallest absolute Gasteiger partial charge is 0.261 e. The predicted molar refractivity (Wildman–Crippen MR) is 100 cm³/mol. The van der Waals surface area contributed by atoms with E-state index in [1.165, 1.54) is 0 Å². The van der Waals surface area contributed by atoms with Gasteiger partial charge in [0.1, 0.15) is 5.75 Å². The Labute approximate surface area is 148 Å². The fraction of sp³-hybridized carbons (Fsp3) is 0.263. The number of ether oxygens (including phenoxy) is 1. The molecule has 0 saturated carbocycles. The zero-order chi connectivity index (χ0) is 17.4. The summed E-state index contributed by atoms with van der Waals surface area (Å²) >= 11 is 5.25. The second kappa shape index (κ2) is 9.03. The van der Waals surface area contributed by atoms with Crippen LogP contribution in [0.1, 0.15) is 42.2 Å². The van der Waals surface area contributed by atoms with E-state index in [0.29, 0.717) is 23.0 Å². The third kappa shape index (κ3) is 5.06. The summed E-state index contributed by atoms with van der Waals surface area (Å²) in [6.07, 6.45) is 0.879. The predicted octanol–water partition coefficient (Wildman–Crippen LogP) is 3.84. The van der Waals surface area contributed by atoms with Crippen LogP contribution in [0.3, 0.4) is 0 Å². The van der Waals surface area contributed by atoms with E-state index in [-0.39, 0.29) is 11.9 Å². The van der Waals surface area contributed by atoms with Crippen LogP contribution in [-0.2, 0) is 0 Å². The highest BCUT2D eigenvalue weighted by Gasteiger charge is 2.14. The lowest BCUT2D eigenvalue weighted by molar-refractivity contribution is 0.0972. The average Bonchev–Trinajstić information content (AvgIpc) is 2.60. The second-order valence-electron chi connectivity index (χ2n) is 5.40. The molecule has 0 aliphatic carbocycles. The Bertz CT molecular complexity index is 689. The number of hydrogen-bond donors (Lipinski definition) is 2. The van der Waals surface area contributed by atoms with Gasteiger partial charge >= 0.3 is 0 Å². The standard InChI is InChI=1S/C19H22N2O2S/c1-3-13-23-17-12-8-7-11-16(17)18(22)21-19(24)20-14(2)15-9-5-4-6-10-15/h4-12,14H,3,13H2,1-2H3,(H2,20,21,22,24). The van der Waals surface area contributed by atoms with Crippen molar-refractivity contribution in [2.75, 3.05) is 6.61 Å². The number of rotatable bonds is 6. The van der Waals surface area contributed by atoms with E-state index in [9.17, 15) is 4.79 Å². The Balaban J connectivity index is 1.98. The minimum atomic E-state index is -0.278. The quantitative estimate of drug-likeness (QED) is 0.783. The van der Waals surface area contributed by atoms with E-state index in [1.54, 1.807) is 18.2 Å². The first-order valence-electron chi connectivity index (χ1n) is 8.00. The lowest BCUT2D eigenvalue weighted by Crippen LogP contribution is -2.40. The van der Waals surface area contributed by atoms with Gasteiger partial charge in [-0.3, -0.25) is 10.1 Å². The molecule has 2 aromatic carbocycles. The summed E-state index contributed by atoms with van der Waals surface area (Å²) in [4.78, 5) is 12.4. The fourth-order valence-corrected chi connectivity index (χ4v) is 2.49. The van der Waals surface area contributed by atoms with Gasteiger partial charge < -0.3 is 10.1 Å². The fourth-order valence-electron chi connectivity index (χ4n) is 2.22. The van der Waals surface area contributed by atoms with Crippen LogP contribution < -0.4 is 15.4 Å². The van der Waals surface area contributed by atoms with Gasteiger partial charge in [-0.05, 0) is 43.3 Å². The first kappa shape index (κ1) is 17.9. The third-order valence-corrected chi connectivity index (χ3v) is 3.69. The summed E-state index contributed by atoms with van der Waals surface area (Å²) in [7, 11) is 0. The monoisotopic (exact) mass is 342 g/mol. The van der Waals surface area contributed by atoms with Crippen LogP contribution in [0.15, 0.2) is 54.6 Å². The SMILES string of the molecule is CCCOc1ccccc1C(=O)NC(=S)NC(C)c1ccccc1. The maximum absolute atomic E-state index is 12.4. The first-order chi connectivity index (χ1) is 11.6. The molecule has 0 bridgehead atoms. The third-order valence-electron chi connectivity index (χ3n) is 3.47. The molecule has 5 heteroatoms. The largest absolute Gasteiger partial charge is 0.493 e. The molecular formula is C19H22N2O2S. The van der Waals surface area contributed by atoms with Gasteiger partial charge in [0, 0.05) is 0 Å². The van der Waals surface area contributed by atoms with Crippen LogP contribution in [0.5, 0.6) is 5.75 Å². The number of amides is 1. The van der Waals surface area contributed by atoms with Gasteiger partial charge in [0.2, 0.25) is 0 Å². The average molecular weight is 342 g/mol. The van der Waals surface area contributed by atoms with Crippen LogP contribution in [0.4, 0.5) is 0 Å². The van der Waals surface area contributed by atoms with Gasteiger partial charge in [-0.15, -0.1) is 0 Å². The molecule has 24 heavy (non-hydrogen) atoms.